The lowest BCUT2D eigenvalue weighted by Gasteiger charge is -2.39. The number of β-amino-alcohol motifs (C(OH)–C–C–N with tert-alkyl or cyclic N) is 1. The molecular weight excluding hydrogens is 352 g/mol. The van der Waals surface area contributed by atoms with Crippen LogP contribution in [-0.2, 0) is 13.1 Å². The molecule has 2 aliphatic heterocycles. The van der Waals surface area contributed by atoms with Gasteiger partial charge in [0.1, 0.15) is 5.82 Å². The first-order valence-corrected chi connectivity index (χ1v) is 10.1. The third-order valence-corrected chi connectivity index (χ3v) is 5.85. The number of aliphatic hydroxyl groups excluding tert-OH is 1. The summed E-state index contributed by atoms with van der Waals surface area (Å²) in [6.45, 7) is 12.8. The average Bonchev–Trinajstić information content (AvgIpc) is 3.25. The first-order chi connectivity index (χ1) is 13.6. The van der Waals surface area contributed by atoms with E-state index in [-0.39, 0.29) is 12.1 Å². The lowest BCUT2D eigenvalue weighted by atomic mass is 10.1. The molecular formula is C21H30N6O. The van der Waals surface area contributed by atoms with E-state index in [2.05, 4.69) is 50.5 Å². The van der Waals surface area contributed by atoms with Crippen LogP contribution < -0.4 is 4.90 Å². The maximum Gasteiger partial charge on any atom is 0.128 e. The van der Waals surface area contributed by atoms with Gasteiger partial charge in [-0.25, -0.2) is 4.98 Å². The highest BCUT2D eigenvalue weighted by Gasteiger charge is 2.37. The number of likely N-dealkylation sites (tertiary alicyclic amines) is 1. The second-order valence-electron chi connectivity index (χ2n) is 7.79. The normalized spacial score (nSPS) is 24.0. The molecule has 0 aliphatic carbocycles. The first-order valence-electron chi connectivity index (χ1n) is 10.1. The summed E-state index contributed by atoms with van der Waals surface area (Å²) in [6.07, 6.45) is 5.50. The van der Waals surface area contributed by atoms with E-state index in [1.165, 1.54) is 5.56 Å². The van der Waals surface area contributed by atoms with Crippen molar-refractivity contribution in [1.29, 1.82) is 0 Å². The Morgan fingerprint density at radius 3 is 2.75 bits per heavy atom. The van der Waals surface area contributed by atoms with E-state index in [1.54, 1.807) is 0 Å². The fourth-order valence-electron chi connectivity index (χ4n) is 4.34. The Bertz CT molecular complexity index is 783. The molecule has 2 fully saturated rings. The summed E-state index contributed by atoms with van der Waals surface area (Å²) in [4.78, 5) is 11.6. The zero-order chi connectivity index (χ0) is 19.5. The number of aliphatic hydroxyl groups is 1. The number of nitrogens with zero attached hydrogens (tertiary/aromatic N) is 6. The van der Waals surface area contributed by atoms with Crippen molar-refractivity contribution in [1.82, 2.24) is 24.6 Å². The molecule has 2 saturated heterocycles. The van der Waals surface area contributed by atoms with Gasteiger partial charge in [-0.2, -0.15) is 5.10 Å². The number of anilines is 1. The van der Waals surface area contributed by atoms with Crippen molar-refractivity contribution in [2.75, 3.05) is 44.2 Å². The molecule has 0 radical (unpaired) electrons. The quantitative estimate of drug-likeness (QED) is 0.756. The Morgan fingerprint density at radius 1 is 1.21 bits per heavy atom. The molecule has 150 valence electrons. The van der Waals surface area contributed by atoms with Gasteiger partial charge in [0.05, 0.1) is 18.3 Å². The minimum Gasteiger partial charge on any atom is -0.390 e. The monoisotopic (exact) mass is 382 g/mol. The van der Waals surface area contributed by atoms with Gasteiger partial charge >= 0.3 is 0 Å². The Labute approximate surface area is 166 Å². The average molecular weight is 383 g/mol. The van der Waals surface area contributed by atoms with Crippen LogP contribution >= 0.6 is 0 Å². The second-order valence-corrected chi connectivity index (χ2v) is 7.79. The molecule has 28 heavy (non-hydrogen) atoms. The number of pyridine rings is 1. The van der Waals surface area contributed by atoms with Crippen molar-refractivity contribution in [2.45, 2.75) is 32.2 Å². The van der Waals surface area contributed by atoms with Gasteiger partial charge in [0.15, 0.2) is 0 Å². The summed E-state index contributed by atoms with van der Waals surface area (Å²) >= 11 is 0. The molecule has 0 unspecified atom stereocenters. The van der Waals surface area contributed by atoms with Crippen LogP contribution in [0.2, 0.25) is 0 Å². The smallest absolute Gasteiger partial charge is 0.128 e. The molecule has 0 saturated carbocycles. The van der Waals surface area contributed by atoms with Crippen molar-refractivity contribution in [3.8, 4) is 0 Å². The summed E-state index contributed by atoms with van der Waals surface area (Å²) in [7, 11) is 0. The van der Waals surface area contributed by atoms with Crippen LogP contribution in [-0.4, -0.2) is 81.1 Å². The molecule has 0 aromatic carbocycles. The number of aromatic nitrogens is 3. The molecule has 4 rings (SSSR count). The number of aryl methyl sites for hydroxylation is 1. The van der Waals surface area contributed by atoms with Crippen LogP contribution in [0.1, 0.15) is 11.3 Å². The van der Waals surface area contributed by atoms with Crippen molar-refractivity contribution >= 4 is 5.82 Å². The van der Waals surface area contributed by atoms with Gasteiger partial charge in [0.2, 0.25) is 0 Å². The van der Waals surface area contributed by atoms with Crippen molar-refractivity contribution in [3.63, 3.8) is 0 Å². The Kier molecular flexibility index (Phi) is 5.75. The molecule has 7 nitrogen and oxygen atoms in total. The van der Waals surface area contributed by atoms with Gasteiger partial charge in [0.25, 0.3) is 0 Å². The topological polar surface area (TPSA) is 60.7 Å². The van der Waals surface area contributed by atoms with Gasteiger partial charge in [-0.05, 0) is 19.1 Å². The number of piperazine rings is 1. The highest BCUT2D eigenvalue weighted by atomic mass is 16.3. The molecule has 2 aromatic heterocycles. The van der Waals surface area contributed by atoms with E-state index in [1.807, 2.05) is 29.1 Å². The van der Waals surface area contributed by atoms with Gasteiger partial charge in [-0.3, -0.25) is 14.5 Å². The first kappa shape index (κ1) is 19.1. The highest BCUT2D eigenvalue weighted by Crippen LogP contribution is 2.22. The van der Waals surface area contributed by atoms with E-state index in [0.29, 0.717) is 0 Å². The number of hydrogen-bond acceptors (Lipinski definition) is 6. The second kappa shape index (κ2) is 8.43. The van der Waals surface area contributed by atoms with Crippen LogP contribution in [0.5, 0.6) is 0 Å². The maximum atomic E-state index is 10.7. The summed E-state index contributed by atoms with van der Waals surface area (Å²) < 4.78 is 1.93. The Balaban J connectivity index is 1.33. The summed E-state index contributed by atoms with van der Waals surface area (Å²) in [5, 5.41) is 15.2. The largest absolute Gasteiger partial charge is 0.390 e. The van der Waals surface area contributed by atoms with Crippen LogP contribution in [0.4, 0.5) is 5.82 Å². The fourth-order valence-corrected chi connectivity index (χ4v) is 4.34. The lowest BCUT2D eigenvalue weighted by Crippen LogP contribution is -2.53. The Hall–Kier alpha value is -2.22. The van der Waals surface area contributed by atoms with E-state index in [0.717, 1.165) is 63.9 Å². The van der Waals surface area contributed by atoms with Crippen molar-refractivity contribution < 1.29 is 5.11 Å². The predicted octanol–water partition coefficient (Wildman–Crippen LogP) is 1.14. The molecule has 0 amide bonds. The number of hydrogen-bond donors (Lipinski definition) is 1. The van der Waals surface area contributed by atoms with Gasteiger partial charge in [-0.15, -0.1) is 6.58 Å². The molecule has 0 spiro atoms. The standard InChI is InChI=1S/C21H30N6O/c1-3-8-27-14-18(17(2)23-27)13-24-15-19(20(28)16-24)25-9-11-26(12-10-25)21-6-4-5-7-22-21/h3-7,14,19-20,28H,1,8-13,15-16H2,2H3/t19-,20-/m0/s1. The fraction of sp³-hybridized carbons (Fsp3) is 0.524. The minimum atomic E-state index is -0.301. The van der Waals surface area contributed by atoms with Gasteiger partial charge in [0, 0.05) is 69.8 Å². The lowest BCUT2D eigenvalue weighted by molar-refractivity contribution is 0.0790. The van der Waals surface area contributed by atoms with E-state index < -0.39 is 0 Å². The SMILES string of the molecule is C=CCn1cc(CN2C[C@H](O)[C@@H](N3CCN(c4ccccn4)CC3)C2)c(C)n1. The highest BCUT2D eigenvalue weighted by molar-refractivity contribution is 5.38. The number of rotatable bonds is 6. The molecule has 1 N–H and O–H groups in total. The van der Waals surface area contributed by atoms with Crippen molar-refractivity contribution in [3.05, 3.63) is 54.5 Å². The minimum absolute atomic E-state index is 0.203. The van der Waals surface area contributed by atoms with E-state index in [9.17, 15) is 5.11 Å². The summed E-state index contributed by atoms with van der Waals surface area (Å²) in [6, 6.07) is 6.25. The molecule has 4 heterocycles. The third kappa shape index (κ3) is 4.11. The van der Waals surface area contributed by atoms with E-state index >= 15 is 0 Å². The van der Waals surface area contributed by atoms with Crippen molar-refractivity contribution in [2.24, 2.45) is 0 Å². The third-order valence-electron chi connectivity index (χ3n) is 5.85. The molecule has 2 atom stereocenters. The molecule has 0 bridgehead atoms. The van der Waals surface area contributed by atoms with Gasteiger partial charge < -0.3 is 10.0 Å². The van der Waals surface area contributed by atoms with Crippen LogP contribution in [0, 0.1) is 6.92 Å². The van der Waals surface area contributed by atoms with Crippen LogP contribution in [0.15, 0.2) is 43.2 Å². The van der Waals surface area contributed by atoms with E-state index in [4.69, 9.17) is 0 Å². The van der Waals surface area contributed by atoms with Crippen LogP contribution in [0.3, 0.4) is 0 Å². The molecule has 2 aliphatic rings. The zero-order valence-electron chi connectivity index (χ0n) is 16.6. The van der Waals surface area contributed by atoms with Gasteiger partial charge in [-0.1, -0.05) is 12.1 Å². The predicted molar refractivity (Wildman–Crippen MR) is 110 cm³/mol. The number of allylic oxidation sites excluding steroid dienone is 1. The summed E-state index contributed by atoms with van der Waals surface area (Å²) in [5.41, 5.74) is 2.29. The Morgan fingerprint density at radius 2 is 2.04 bits per heavy atom. The maximum absolute atomic E-state index is 10.7. The molecule has 2 aromatic rings. The molecule has 7 heteroatoms. The summed E-state index contributed by atoms with van der Waals surface area (Å²) in [5.74, 6) is 1.04. The van der Waals surface area contributed by atoms with Crippen LogP contribution in [0.25, 0.3) is 0 Å². The zero-order valence-corrected chi connectivity index (χ0v) is 16.6.